The van der Waals surface area contributed by atoms with E-state index in [-0.39, 0.29) is 11.2 Å². The Morgan fingerprint density at radius 3 is 2.85 bits per heavy atom. The van der Waals surface area contributed by atoms with Gasteiger partial charge in [-0.3, -0.25) is 4.79 Å². The molecule has 1 aromatic heterocycles. The van der Waals surface area contributed by atoms with Gasteiger partial charge in [0, 0.05) is 6.04 Å². The van der Waals surface area contributed by atoms with E-state index >= 15 is 0 Å². The van der Waals surface area contributed by atoms with Crippen molar-refractivity contribution in [3.05, 3.63) is 23.8 Å². The highest BCUT2D eigenvalue weighted by Gasteiger charge is 2.22. The molecule has 8 heteroatoms. The fraction of sp³-hybridized carbons (Fsp3) is 0.500. The van der Waals surface area contributed by atoms with E-state index in [4.69, 9.17) is 4.74 Å². The minimum Gasteiger partial charge on any atom is -0.495 e. The molecule has 0 radical (unpaired) electrons. The molecule has 26 heavy (non-hydrogen) atoms. The molecule has 3 rings (SSSR count). The molecule has 1 amide bonds. The zero-order valence-corrected chi connectivity index (χ0v) is 16.9. The first-order valence-electron chi connectivity index (χ1n) is 8.77. The van der Waals surface area contributed by atoms with Crippen LogP contribution in [0.2, 0.25) is 0 Å². The number of anilines is 2. The van der Waals surface area contributed by atoms with Crippen molar-refractivity contribution in [3.8, 4) is 5.75 Å². The average molecular weight is 393 g/mol. The van der Waals surface area contributed by atoms with Crippen LogP contribution in [-0.2, 0) is 4.79 Å². The molecule has 0 spiro atoms. The maximum atomic E-state index is 12.3. The maximum absolute atomic E-state index is 12.3. The second-order valence-electron chi connectivity index (χ2n) is 6.45. The normalized spacial score (nSPS) is 15.7. The van der Waals surface area contributed by atoms with Crippen molar-refractivity contribution in [3.63, 3.8) is 0 Å². The topological polar surface area (TPSA) is 76.1 Å². The quantitative estimate of drug-likeness (QED) is 0.690. The van der Waals surface area contributed by atoms with Crippen LogP contribution in [0.15, 0.2) is 22.5 Å². The Kier molecular flexibility index (Phi) is 6.37. The summed E-state index contributed by atoms with van der Waals surface area (Å²) in [4.78, 5) is 12.3. The van der Waals surface area contributed by atoms with Crippen molar-refractivity contribution in [2.75, 3.05) is 12.4 Å². The van der Waals surface area contributed by atoms with Crippen molar-refractivity contribution in [1.82, 2.24) is 15.5 Å². The number of aryl methyl sites for hydroxylation is 1. The summed E-state index contributed by atoms with van der Waals surface area (Å²) in [5, 5.41) is 15.2. The molecule has 140 valence electrons. The number of aromatic nitrogens is 2. The van der Waals surface area contributed by atoms with Gasteiger partial charge in [-0.25, -0.2) is 0 Å². The van der Waals surface area contributed by atoms with E-state index in [9.17, 15) is 4.79 Å². The zero-order chi connectivity index (χ0) is 18.5. The van der Waals surface area contributed by atoms with Crippen LogP contribution in [-0.4, -0.2) is 34.5 Å². The standard InChI is InChI=1S/C18H24N4O2S2/c1-11-8-9-15(24-3)14(10-11)20-17-21-22-18(26-17)25-12(2)16(23)19-13-6-4-5-7-13/h8-10,12-13H,4-7H2,1-3H3,(H,19,23)(H,20,21)/t12-/m1/s1. The lowest BCUT2D eigenvalue weighted by Gasteiger charge is -2.15. The van der Waals surface area contributed by atoms with E-state index in [1.54, 1.807) is 7.11 Å². The number of carbonyl (C=O) groups excluding carboxylic acids is 1. The number of benzene rings is 1. The second-order valence-corrected chi connectivity index (χ2v) is 9.02. The summed E-state index contributed by atoms with van der Waals surface area (Å²) in [6, 6.07) is 6.26. The number of hydrogen-bond donors (Lipinski definition) is 2. The Labute approximate surface area is 162 Å². The molecule has 1 saturated carbocycles. The van der Waals surface area contributed by atoms with Crippen molar-refractivity contribution >= 4 is 39.8 Å². The molecule has 1 aliphatic rings. The van der Waals surface area contributed by atoms with Gasteiger partial charge >= 0.3 is 0 Å². The first-order valence-corrected chi connectivity index (χ1v) is 10.5. The summed E-state index contributed by atoms with van der Waals surface area (Å²) >= 11 is 2.88. The third-order valence-corrected chi connectivity index (χ3v) is 6.37. The molecule has 0 aliphatic heterocycles. The van der Waals surface area contributed by atoms with Crippen LogP contribution in [0, 0.1) is 6.92 Å². The molecule has 0 saturated heterocycles. The highest BCUT2D eigenvalue weighted by Crippen LogP contribution is 2.33. The minimum atomic E-state index is -0.190. The molecule has 2 aromatic rings. The van der Waals surface area contributed by atoms with E-state index in [1.807, 2.05) is 32.0 Å². The molecule has 1 heterocycles. The minimum absolute atomic E-state index is 0.0759. The summed E-state index contributed by atoms with van der Waals surface area (Å²) in [6.45, 7) is 3.93. The lowest BCUT2D eigenvalue weighted by Crippen LogP contribution is -2.37. The zero-order valence-electron chi connectivity index (χ0n) is 15.2. The summed E-state index contributed by atoms with van der Waals surface area (Å²) in [7, 11) is 1.64. The molecular weight excluding hydrogens is 368 g/mol. The average Bonchev–Trinajstić information content (AvgIpc) is 3.27. The Morgan fingerprint density at radius 2 is 2.12 bits per heavy atom. The number of nitrogens with zero attached hydrogens (tertiary/aromatic N) is 2. The summed E-state index contributed by atoms with van der Waals surface area (Å²) < 4.78 is 6.15. The number of nitrogens with one attached hydrogen (secondary N) is 2. The number of carbonyl (C=O) groups is 1. The Balaban J connectivity index is 1.59. The Morgan fingerprint density at radius 1 is 1.35 bits per heavy atom. The smallest absolute Gasteiger partial charge is 0.233 e. The number of thioether (sulfide) groups is 1. The predicted octanol–water partition coefficient (Wildman–Crippen LogP) is 4.14. The second kappa shape index (κ2) is 8.73. The third-order valence-electron chi connectivity index (χ3n) is 4.35. The van der Waals surface area contributed by atoms with Gasteiger partial charge in [-0.2, -0.15) is 0 Å². The summed E-state index contributed by atoms with van der Waals surface area (Å²) in [6.07, 6.45) is 4.60. The highest BCUT2D eigenvalue weighted by molar-refractivity contribution is 8.02. The van der Waals surface area contributed by atoms with Crippen LogP contribution in [0.25, 0.3) is 0 Å². The summed E-state index contributed by atoms with van der Waals surface area (Å²) in [5.41, 5.74) is 1.98. The number of amides is 1. The summed E-state index contributed by atoms with van der Waals surface area (Å²) in [5.74, 6) is 0.830. The number of methoxy groups -OCH3 is 1. The molecule has 6 nitrogen and oxygen atoms in total. The molecule has 0 unspecified atom stereocenters. The number of ether oxygens (including phenoxy) is 1. The van der Waals surface area contributed by atoms with Crippen molar-refractivity contribution in [1.29, 1.82) is 0 Å². The molecule has 2 N–H and O–H groups in total. The lowest BCUT2D eigenvalue weighted by molar-refractivity contribution is -0.120. The van der Waals surface area contributed by atoms with E-state index in [0.29, 0.717) is 11.2 Å². The van der Waals surface area contributed by atoms with Gasteiger partial charge in [0.1, 0.15) is 5.75 Å². The molecular formula is C18H24N4O2S2. The van der Waals surface area contributed by atoms with Gasteiger partial charge in [0.15, 0.2) is 4.34 Å². The van der Waals surface area contributed by atoms with E-state index in [2.05, 4.69) is 20.8 Å². The fourth-order valence-corrected chi connectivity index (χ4v) is 4.85. The van der Waals surface area contributed by atoms with Gasteiger partial charge in [0.25, 0.3) is 0 Å². The monoisotopic (exact) mass is 392 g/mol. The van der Waals surface area contributed by atoms with Crippen LogP contribution < -0.4 is 15.4 Å². The third kappa shape index (κ3) is 4.88. The van der Waals surface area contributed by atoms with Crippen LogP contribution in [0.5, 0.6) is 5.75 Å². The SMILES string of the molecule is COc1ccc(C)cc1Nc1nnc(S[C@H](C)C(=O)NC2CCCC2)s1. The van der Waals surface area contributed by atoms with Gasteiger partial charge in [-0.05, 0) is 44.4 Å². The van der Waals surface area contributed by atoms with Crippen LogP contribution in [0.1, 0.15) is 38.2 Å². The lowest BCUT2D eigenvalue weighted by atomic mass is 10.2. The van der Waals surface area contributed by atoms with Gasteiger partial charge in [0.05, 0.1) is 18.0 Å². The van der Waals surface area contributed by atoms with Crippen LogP contribution >= 0.6 is 23.1 Å². The van der Waals surface area contributed by atoms with Crippen molar-refractivity contribution in [2.24, 2.45) is 0 Å². The van der Waals surface area contributed by atoms with Crippen molar-refractivity contribution in [2.45, 2.75) is 55.2 Å². The van der Waals surface area contributed by atoms with Gasteiger partial charge < -0.3 is 15.4 Å². The molecule has 0 bridgehead atoms. The molecule has 1 atom stereocenters. The number of rotatable bonds is 7. The maximum Gasteiger partial charge on any atom is 0.233 e. The fourth-order valence-electron chi connectivity index (χ4n) is 2.94. The Bertz CT molecular complexity index is 759. The van der Waals surface area contributed by atoms with Gasteiger partial charge in [-0.15, -0.1) is 10.2 Å². The highest BCUT2D eigenvalue weighted by atomic mass is 32.2. The van der Waals surface area contributed by atoms with Crippen LogP contribution in [0.3, 0.4) is 0 Å². The Hall–Kier alpha value is -1.80. The molecule has 1 fully saturated rings. The largest absolute Gasteiger partial charge is 0.495 e. The van der Waals surface area contributed by atoms with E-state index < -0.39 is 0 Å². The van der Waals surface area contributed by atoms with E-state index in [0.717, 1.165) is 34.2 Å². The molecule has 1 aliphatic carbocycles. The molecule has 1 aromatic carbocycles. The number of hydrogen-bond acceptors (Lipinski definition) is 7. The van der Waals surface area contributed by atoms with Gasteiger partial charge in [-0.1, -0.05) is 42.0 Å². The first kappa shape index (κ1) is 19.0. The predicted molar refractivity (Wildman–Crippen MR) is 107 cm³/mol. The van der Waals surface area contributed by atoms with E-state index in [1.165, 1.54) is 35.9 Å². The van der Waals surface area contributed by atoms with Gasteiger partial charge in [0.2, 0.25) is 11.0 Å². The van der Waals surface area contributed by atoms with Crippen molar-refractivity contribution < 1.29 is 9.53 Å². The van der Waals surface area contributed by atoms with Crippen LogP contribution in [0.4, 0.5) is 10.8 Å². The first-order chi connectivity index (χ1) is 12.5.